The fourth-order valence-corrected chi connectivity index (χ4v) is 2.62. The molecule has 0 atom stereocenters. The fourth-order valence-electron chi connectivity index (χ4n) is 2.62. The van der Waals surface area contributed by atoms with E-state index in [-0.39, 0.29) is 5.56 Å². The lowest BCUT2D eigenvalue weighted by Gasteiger charge is -2.13. The van der Waals surface area contributed by atoms with Gasteiger partial charge >= 0.3 is 0 Å². The van der Waals surface area contributed by atoms with Gasteiger partial charge in [0.1, 0.15) is 17.0 Å². The van der Waals surface area contributed by atoms with Crippen LogP contribution in [0, 0.1) is 6.92 Å². The van der Waals surface area contributed by atoms with Crippen LogP contribution in [0.3, 0.4) is 0 Å². The lowest BCUT2D eigenvalue weighted by atomic mass is 10.0. The first kappa shape index (κ1) is 14.2. The van der Waals surface area contributed by atoms with Gasteiger partial charge in [0.15, 0.2) is 0 Å². The number of nitrogens with one attached hydrogen (secondary N) is 1. The Kier molecular flexibility index (Phi) is 3.36. The van der Waals surface area contributed by atoms with Crippen molar-refractivity contribution in [1.29, 1.82) is 0 Å². The maximum atomic E-state index is 12.1. The van der Waals surface area contributed by atoms with E-state index in [4.69, 9.17) is 9.47 Å². The molecule has 0 aliphatic rings. The molecular weight excluding hydrogens is 282 g/mol. The molecule has 0 saturated carbocycles. The molecule has 2 heterocycles. The molecule has 1 aromatic carbocycles. The van der Waals surface area contributed by atoms with Crippen molar-refractivity contribution in [2.24, 2.45) is 7.05 Å². The summed E-state index contributed by atoms with van der Waals surface area (Å²) in [5.74, 6) is 1.47. The number of hydrogen-bond donors (Lipinski definition) is 1. The second-order valence-electron chi connectivity index (χ2n) is 5.12. The second kappa shape index (κ2) is 5.22. The van der Waals surface area contributed by atoms with Gasteiger partial charge in [-0.3, -0.25) is 9.89 Å². The molecule has 6 nitrogen and oxygen atoms in total. The molecule has 0 radical (unpaired) electrons. The molecule has 0 aliphatic carbocycles. The zero-order valence-corrected chi connectivity index (χ0v) is 12.9. The zero-order chi connectivity index (χ0) is 15.9. The fraction of sp³-hybridized carbons (Fsp3) is 0.250. The topological polar surface area (TPSA) is 69.1 Å². The Bertz CT molecular complexity index is 884. The molecule has 0 aliphatic heterocycles. The van der Waals surface area contributed by atoms with Crippen LogP contribution in [0.15, 0.2) is 29.3 Å². The lowest BCUT2D eigenvalue weighted by molar-refractivity contribution is 0.389. The third-order valence-electron chi connectivity index (χ3n) is 3.85. The van der Waals surface area contributed by atoms with E-state index in [1.807, 2.05) is 19.1 Å². The van der Waals surface area contributed by atoms with E-state index in [0.29, 0.717) is 5.52 Å². The third kappa shape index (κ3) is 2.04. The number of methoxy groups -OCH3 is 2. The third-order valence-corrected chi connectivity index (χ3v) is 3.85. The molecule has 114 valence electrons. The molecule has 3 aromatic rings. The number of aryl methyl sites for hydroxylation is 1. The molecule has 22 heavy (non-hydrogen) atoms. The number of rotatable bonds is 3. The molecule has 0 spiro atoms. The number of ether oxygens (including phenoxy) is 2. The minimum absolute atomic E-state index is 0.109. The van der Waals surface area contributed by atoms with Crippen molar-refractivity contribution in [3.63, 3.8) is 0 Å². The summed E-state index contributed by atoms with van der Waals surface area (Å²) in [6.45, 7) is 1.94. The molecule has 0 unspecified atom stereocenters. The van der Waals surface area contributed by atoms with Gasteiger partial charge in [0.05, 0.1) is 20.4 Å². The first-order chi connectivity index (χ1) is 10.6. The maximum absolute atomic E-state index is 12.1. The van der Waals surface area contributed by atoms with Crippen LogP contribution in [0.5, 0.6) is 11.5 Å². The normalized spacial score (nSPS) is 10.9. The Balaban J connectivity index is 2.35. The minimum atomic E-state index is -0.109. The highest BCUT2D eigenvalue weighted by Gasteiger charge is 2.14. The molecule has 0 amide bonds. The summed E-state index contributed by atoms with van der Waals surface area (Å²) in [5.41, 5.74) is 3.10. The Morgan fingerprint density at radius 3 is 2.41 bits per heavy atom. The van der Waals surface area contributed by atoms with Crippen LogP contribution >= 0.6 is 0 Å². The number of nitrogens with zero attached hydrogens (tertiary/aromatic N) is 2. The second-order valence-corrected chi connectivity index (χ2v) is 5.12. The maximum Gasteiger partial charge on any atom is 0.276 e. The zero-order valence-electron chi connectivity index (χ0n) is 12.9. The number of pyridine rings is 1. The predicted molar refractivity (Wildman–Crippen MR) is 84.6 cm³/mol. The van der Waals surface area contributed by atoms with Crippen LogP contribution in [0.25, 0.3) is 22.0 Å². The SMILES string of the molecule is COc1cc(-c2cn(C)c(=O)c3[nH]ncc23)cc(OC)c1C. The van der Waals surface area contributed by atoms with Crippen molar-refractivity contribution in [3.05, 3.63) is 40.4 Å². The van der Waals surface area contributed by atoms with Crippen molar-refractivity contribution in [2.75, 3.05) is 14.2 Å². The number of benzene rings is 1. The number of aromatic amines is 1. The minimum Gasteiger partial charge on any atom is -0.496 e. The van der Waals surface area contributed by atoms with Crippen LogP contribution in [0.2, 0.25) is 0 Å². The Morgan fingerprint density at radius 2 is 1.82 bits per heavy atom. The van der Waals surface area contributed by atoms with Crippen LogP contribution in [0.1, 0.15) is 5.56 Å². The Hall–Kier alpha value is -2.76. The number of H-pyrrole nitrogens is 1. The molecule has 2 aromatic heterocycles. The lowest BCUT2D eigenvalue weighted by Crippen LogP contribution is -2.16. The van der Waals surface area contributed by atoms with Gasteiger partial charge in [0.2, 0.25) is 0 Å². The van der Waals surface area contributed by atoms with E-state index in [0.717, 1.165) is 33.6 Å². The first-order valence-electron chi connectivity index (χ1n) is 6.82. The van der Waals surface area contributed by atoms with Crippen molar-refractivity contribution in [2.45, 2.75) is 6.92 Å². The van der Waals surface area contributed by atoms with E-state index in [1.165, 1.54) is 4.57 Å². The van der Waals surface area contributed by atoms with Gasteiger partial charge in [-0.15, -0.1) is 0 Å². The van der Waals surface area contributed by atoms with Crippen molar-refractivity contribution < 1.29 is 9.47 Å². The van der Waals surface area contributed by atoms with Crippen LogP contribution in [0.4, 0.5) is 0 Å². The predicted octanol–water partition coefficient (Wildman–Crippen LogP) is 2.25. The number of fused-ring (bicyclic) bond motifs is 1. The van der Waals surface area contributed by atoms with E-state index in [1.54, 1.807) is 33.7 Å². The van der Waals surface area contributed by atoms with Gasteiger partial charge in [-0.1, -0.05) is 0 Å². The van der Waals surface area contributed by atoms with E-state index >= 15 is 0 Å². The average Bonchev–Trinajstić information content (AvgIpc) is 3.01. The van der Waals surface area contributed by atoms with Crippen LogP contribution in [-0.4, -0.2) is 29.0 Å². The highest BCUT2D eigenvalue weighted by atomic mass is 16.5. The molecule has 6 heteroatoms. The van der Waals surface area contributed by atoms with Gasteiger partial charge < -0.3 is 14.0 Å². The number of hydrogen-bond acceptors (Lipinski definition) is 4. The molecular formula is C16H17N3O3. The summed E-state index contributed by atoms with van der Waals surface area (Å²) < 4.78 is 12.4. The van der Waals surface area contributed by atoms with Crippen molar-refractivity contribution in [3.8, 4) is 22.6 Å². The van der Waals surface area contributed by atoms with E-state index in [2.05, 4.69) is 10.2 Å². The smallest absolute Gasteiger partial charge is 0.276 e. The van der Waals surface area contributed by atoms with E-state index < -0.39 is 0 Å². The van der Waals surface area contributed by atoms with Gasteiger partial charge in [-0.2, -0.15) is 5.10 Å². The Morgan fingerprint density at radius 1 is 1.18 bits per heavy atom. The molecule has 3 rings (SSSR count). The first-order valence-corrected chi connectivity index (χ1v) is 6.82. The summed E-state index contributed by atoms with van der Waals surface area (Å²) in [6.07, 6.45) is 3.45. The summed E-state index contributed by atoms with van der Waals surface area (Å²) in [6, 6.07) is 3.87. The van der Waals surface area contributed by atoms with Gasteiger partial charge in [-0.05, 0) is 24.6 Å². The molecule has 1 N–H and O–H groups in total. The molecule has 0 saturated heterocycles. The van der Waals surface area contributed by atoms with Crippen LogP contribution < -0.4 is 15.0 Å². The number of aromatic nitrogens is 3. The van der Waals surface area contributed by atoms with Crippen molar-refractivity contribution in [1.82, 2.24) is 14.8 Å². The quantitative estimate of drug-likeness (QED) is 0.805. The largest absolute Gasteiger partial charge is 0.496 e. The highest BCUT2D eigenvalue weighted by Crippen LogP contribution is 2.36. The Labute approximate surface area is 127 Å². The standard InChI is InChI=1S/C16H17N3O3/c1-9-13(21-3)5-10(6-14(9)22-4)12-8-19(2)16(20)15-11(12)7-17-18-15/h5-8H,1-4H3,(H,17,18). The summed E-state index contributed by atoms with van der Waals surface area (Å²) in [4.78, 5) is 12.1. The monoisotopic (exact) mass is 299 g/mol. The van der Waals surface area contributed by atoms with Crippen molar-refractivity contribution >= 4 is 10.9 Å². The summed E-state index contributed by atoms with van der Waals surface area (Å²) in [7, 11) is 4.97. The molecule has 0 bridgehead atoms. The van der Waals surface area contributed by atoms with Crippen LogP contribution in [-0.2, 0) is 7.05 Å². The van der Waals surface area contributed by atoms with E-state index in [9.17, 15) is 4.79 Å². The van der Waals surface area contributed by atoms with Gasteiger partial charge in [0.25, 0.3) is 5.56 Å². The van der Waals surface area contributed by atoms with Gasteiger partial charge in [-0.25, -0.2) is 0 Å². The van der Waals surface area contributed by atoms with Gasteiger partial charge in [0, 0.05) is 29.8 Å². The molecule has 0 fully saturated rings. The summed E-state index contributed by atoms with van der Waals surface area (Å²) in [5, 5.41) is 7.53. The average molecular weight is 299 g/mol. The summed E-state index contributed by atoms with van der Waals surface area (Å²) >= 11 is 0. The highest BCUT2D eigenvalue weighted by molar-refractivity contribution is 5.94.